The van der Waals surface area contributed by atoms with Gasteiger partial charge in [0.25, 0.3) is 0 Å². The zero-order valence-corrected chi connectivity index (χ0v) is 16.7. The molecule has 5 nitrogen and oxygen atoms in total. The molecule has 1 aromatic rings. The molecule has 0 aromatic heterocycles. The monoisotopic (exact) mass is 374 g/mol. The number of benzene rings is 1. The Morgan fingerprint density at radius 1 is 1.17 bits per heavy atom. The Hall–Kier alpha value is -0.893. The van der Waals surface area contributed by atoms with Crippen molar-refractivity contribution in [1.82, 2.24) is 5.32 Å². The third kappa shape index (κ3) is 7.79. The van der Waals surface area contributed by atoms with Crippen LogP contribution in [0.1, 0.15) is 18.4 Å². The molecule has 0 bridgehead atoms. The lowest BCUT2D eigenvalue weighted by molar-refractivity contribution is 0.122. The van der Waals surface area contributed by atoms with Crippen molar-refractivity contribution in [2.45, 2.75) is 37.4 Å². The molecule has 138 valence electrons. The number of halogens is 1. The molecule has 0 amide bonds. The van der Waals surface area contributed by atoms with E-state index in [1.807, 2.05) is 6.07 Å². The zero-order valence-electron chi connectivity index (χ0n) is 14.9. The molecular weight excluding hydrogens is 344 g/mol. The lowest BCUT2D eigenvalue weighted by Gasteiger charge is -2.27. The zero-order chi connectivity index (χ0) is 17.1. The van der Waals surface area contributed by atoms with Gasteiger partial charge >= 0.3 is 8.80 Å². The van der Waals surface area contributed by atoms with E-state index in [-0.39, 0.29) is 24.5 Å². The maximum Gasteiger partial charge on any atom is 0.500 e. The average Bonchev–Trinajstić information content (AvgIpc) is 2.58. The van der Waals surface area contributed by atoms with Crippen LogP contribution in [0.15, 0.2) is 43.1 Å². The summed E-state index contributed by atoms with van der Waals surface area (Å²) in [5.41, 5.74) is 7.60. The van der Waals surface area contributed by atoms with E-state index in [1.54, 1.807) is 27.5 Å². The molecule has 2 atom stereocenters. The van der Waals surface area contributed by atoms with Crippen LogP contribution in [0.2, 0.25) is 6.04 Å². The Morgan fingerprint density at radius 3 is 2.25 bits per heavy atom. The highest BCUT2D eigenvalue weighted by atomic mass is 35.5. The van der Waals surface area contributed by atoms with Gasteiger partial charge in [0, 0.05) is 39.5 Å². The predicted octanol–water partition coefficient (Wildman–Crippen LogP) is 2.74. The first-order valence-corrected chi connectivity index (χ1v) is 9.84. The van der Waals surface area contributed by atoms with Gasteiger partial charge in [-0.05, 0) is 31.0 Å². The van der Waals surface area contributed by atoms with Crippen molar-refractivity contribution in [2.75, 3.05) is 21.3 Å². The van der Waals surface area contributed by atoms with Crippen LogP contribution in [0, 0.1) is 0 Å². The van der Waals surface area contributed by atoms with Crippen molar-refractivity contribution in [1.29, 1.82) is 0 Å². The van der Waals surface area contributed by atoms with Crippen molar-refractivity contribution in [3.8, 4) is 0 Å². The molecule has 2 unspecified atom stereocenters. The second-order valence-electron chi connectivity index (χ2n) is 5.59. The molecule has 0 aliphatic rings. The van der Waals surface area contributed by atoms with Crippen LogP contribution in [0.4, 0.5) is 0 Å². The normalized spacial score (nSPS) is 13.7. The second kappa shape index (κ2) is 12.5. The minimum Gasteiger partial charge on any atom is -0.388 e. The van der Waals surface area contributed by atoms with Crippen molar-refractivity contribution < 1.29 is 13.3 Å². The summed E-state index contributed by atoms with van der Waals surface area (Å²) in [6, 6.07) is 11.4. The molecule has 0 saturated carbocycles. The summed E-state index contributed by atoms with van der Waals surface area (Å²) in [5.74, 6) is 0. The fourth-order valence-corrected chi connectivity index (χ4v) is 4.51. The van der Waals surface area contributed by atoms with E-state index in [0.29, 0.717) is 6.04 Å². The first-order chi connectivity index (χ1) is 11.1. The van der Waals surface area contributed by atoms with Crippen molar-refractivity contribution in [2.24, 2.45) is 5.73 Å². The molecular formula is C17H31ClN2O3Si. The summed E-state index contributed by atoms with van der Waals surface area (Å²) in [6.45, 7) is 3.77. The van der Waals surface area contributed by atoms with Gasteiger partial charge in [-0.2, -0.15) is 0 Å². The number of hydrogen-bond donors (Lipinski definition) is 2. The summed E-state index contributed by atoms with van der Waals surface area (Å²) in [6.07, 6.45) is 4.30. The van der Waals surface area contributed by atoms with Crippen molar-refractivity contribution in [3.63, 3.8) is 0 Å². The van der Waals surface area contributed by atoms with Gasteiger partial charge in [-0.15, -0.1) is 12.4 Å². The van der Waals surface area contributed by atoms with Crippen LogP contribution in [0.25, 0.3) is 0 Å². The standard InChI is InChI=1S/C17H30N2O3Si.ClH/c1-5-19-17(13-15-9-7-6-8-10-15)14-16(18)11-12-23(20-2,21-3)22-4;/h5-10,16-17,19H,1,11-14,18H2,2-4H3;1H. The van der Waals surface area contributed by atoms with E-state index in [1.165, 1.54) is 5.56 Å². The van der Waals surface area contributed by atoms with E-state index in [2.05, 4.69) is 36.2 Å². The van der Waals surface area contributed by atoms with Crippen LogP contribution in [-0.2, 0) is 19.7 Å². The summed E-state index contributed by atoms with van der Waals surface area (Å²) >= 11 is 0. The number of hydrogen-bond acceptors (Lipinski definition) is 5. The van der Waals surface area contributed by atoms with Crippen LogP contribution in [0.3, 0.4) is 0 Å². The molecule has 3 N–H and O–H groups in total. The highest BCUT2D eigenvalue weighted by molar-refractivity contribution is 6.60. The van der Waals surface area contributed by atoms with Crippen molar-refractivity contribution >= 4 is 21.2 Å². The first-order valence-electron chi connectivity index (χ1n) is 7.91. The quantitative estimate of drug-likeness (QED) is 0.551. The molecule has 24 heavy (non-hydrogen) atoms. The summed E-state index contributed by atoms with van der Waals surface area (Å²) in [5, 5.41) is 3.30. The van der Waals surface area contributed by atoms with Crippen LogP contribution >= 0.6 is 12.4 Å². The number of nitrogens with one attached hydrogen (secondary N) is 1. The fourth-order valence-electron chi connectivity index (χ4n) is 2.68. The van der Waals surface area contributed by atoms with Gasteiger partial charge < -0.3 is 24.3 Å². The van der Waals surface area contributed by atoms with Gasteiger partial charge in [-0.1, -0.05) is 36.9 Å². The van der Waals surface area contributed by atoms with E-state index in [9.17, 15) is 0 Å². The molecule has 0 aliphatic heterocycles. The van der Waals surface area contributed by atoms with Gasteiger partial charge in [0.1, 0.15) is 0 Å². The predicted molar refractivity (Wildman–Crippen MR) is 103 cm³/mol. The highest BCUT2D eigenvalue weighted by Gasteiger charge is 2.37. The molecule has 1 aromatic carbocycles. The minimum atomic E-state index is -2.54. The largest absolute Gasteiger partial charge is 0.500 e. The Kier molecular flexibility index (Phi) is 12.0. The number of rotatable bonds is 12. The maximum absolute atomic E-state index is 6.31. The molecule has 7 heteroatoms. The summed E-state index contributed by atoms with van der Waals surface area (Å²) in [7, 11) is 2.34. The van der Waals surface area contributed by atoms with Gasteiger partial charge in [0.05, 0.1) is 0 Å². The SMILES string of the molecule is C=CNC(Cc1ccccc1)CC(N)CC[Si](OC)(OC)OC.Cl. The van der Waals surface area contributed by atoms with E-state index in [4.69, 9.17) is 19.0 Å². The Labute approximate surface area is 153 Å². The lowest BCUT2D eigenvalue weighted by atomic mass is 9.98. The molecule has 0 spiro atoms. The highest BCUT2D eigenvalue weighted by Crippen LogP contribution is 2.18. The Morgan fingerprint density at radius 2 is 1.75 bits per heavy atom. The van der Waals surface area contributed by atoms with E-state index < -0.39 is 8.80 Å². The molecule has 0 fully saturated rings. The van der Waals surface area contributed by atoms with E-state index >= 15 is 0 Å². The Bertz CT molecular complexity index is 438. The molecule has 1 rings (SSSR count). The van der Waals surface area contributed by atoms with Crippen LogP contribution in [-0.4, -0.2) is 42.2 Å². The molecule has 0 radical (unpaired) electrons. The maximum atomic E-state index is 6.31. The third-order valence-corrected chi connectivity index (χ3v) is 6.79. The fraction of sp³-hybridized carbons (Fsp3) is 0.529. The lowest BCUT2D eigenvalue weighted by Crippen LogP contribution is -2.44. The third-order valence-electron chi connectivity index (χ3n) is 4.02. The van der Waals surface area contributed by atoms with Gasteiger partial charge in [0.2, 0.25) is 0 Å². The topological polar surface area (TPSA) is 65.7 Å². The summed E-state index contributed by atoms with van der Waals surface area (Å²) < 4.78 is 16.3. The minimum absolute atomic E-state index is 0. The first kappa shape index (κ1) is 23.1. The van der Waals surface area contributed by atoms with Crippen LogP contribution in [0.5, 0.6) is 0 Å². The van der Waals surface area contributed by atoms with Gasteiger partial charge in [-0.25, -0.2) is 0 Å². The van der Waals surface area contributed by atoms with Gasteiger partial charge in [0.15, 0.2) is 0 Å². The summed E-state index contributed by atoms with van der Waals surface area (Å²) in [4.78, 5) is 0. The van der Waals surface area contributed by atoms with Crippen molar-refractivity contribution in [3.05, 3.63) is 48.7 Å². The molecule has 0 aliphatic carbocycles. The molecule has 0 saturated heterocycles. The van der Waals surface area contributed by atoms with Crippen LogP contribution < -0.4 is 11.1 Å². The smallest absolute Gasteiger partial charge is 0.388 e. The average molecular weight is 375 g/mol. The van der Waals surface area contributed by atoms with E-state index in [0.717, 1.165) is 19.3 Å². The second-order valence-corrected chi connectivity index (χ2v) is 8.68. The molecule has 0 heterocycles. The number of nitrogens with two attached hydrogens (primary N) is 1. The Balaban J connectivity index is 0.00000529. The van der Waals surface area contributed by atoms with Gasteiger partial charge in [-0.3, -0.25) is 0 Å².